The second-order valence-electron chi connectivity index (χ2n) is 8.85. The Morgan fingerprint density at radius 2 is 1.67 bits per heavy atom. The largest absolute Gasteiger partial charge is 0.250 e. The fourth-order valence-corrected chi connectivity index (χ4v) is 3.85. The SMILES string of the molecule is C#CCCc1ccccc1N=C(CCCCCCCC)C(C#CCCC)=Nc1cccc(C#CC)c1. The molecule has 0 atom stereocenters. The number of rotatable bonds is 13. The minimum Gasteiger partial charge on any atom is -0.250 e. The first-order chi connectivity index (χ1) is 17.7. The van der Waals surface area contributed by atoms with Crippen LogP contribution >= 0.6 is 0 Å². The van der Waals surface area contributed by atoms with Gasteiger partial charge in [-0.3, -0.25) is 4.99 Å². The average molecular weight is 477 g/mol. The Bertz CT molecular complexity index is 1170. The van der Waals surface area contributed by atoms with E-state index in [2.05, 4.69) is 61.6 Å². The standard InChI is InChI=1S/C34H40N2/c1-5-9-12-13-14-16-27-34(36-32-25-18-17-23-30(32)22-11-7-3)33(26-15-10-6-2)35-31-24-19-21-29(28-31)20-8-4/h3,17-19,21,23-25,28H,5-6,9-14,16,22,27H2,1-2,4H3. The van der Waals surface area contributed by atoms with Gasteiger partial charge in [-0.25, -0.2) is 4.99 Å². The number of para-hydroxylation sites is 1. The lowest BCUT2D eigenvalue weighted by atomic mass is 10.0. The van der Waals surface area contributed by atoms with Gasteiger partial charge in [-0.1, -0.05) is 82.1 Å². The van der Waals surface area contributed by atoms with Gasteiger partial charge in [-0.2, -0.15) is 0 Å². The van der Waals surface area contributed by atoms with Gasteiger partial charge >= 0.3 is 0 Å². The van der Waals surface area contributed by atoms with Gasteiger partial charge in [0.1, 0.15) is 5.71 Å². The Labute approximate surface area is 219 Å². The van der Waals surface area contributed by atoms with Crippen molar-refractivity contribution < 1.29 is 0 Å². The first-order valence-corrected chi connectivity index (χ1v) is 13.4. The summed E-state index contributed by atoms with van der Waals surface area (Å²) in [5, 5.41) is 0. The summed E-state index contributed by atoms with van der Waals surface area (Å²) in [4.78, 5) is 10.2. The molecular formula is C34H40N2. The van der Waals surface area contributed by atoms with E-state index in [0.29, 0.717) is 6.42 Å². The van der Waals surface area contributed by atoms with Crippen LogP contribution in [0, 0.1) is 36.0 Å². The summed E-state index contributed by atoms with van der Waals surface area (Å²) < 4.78 is 0. The van der Waals surface area contributed by atoms with Gasteiger partial charge in [0, 0.05) is 18.4 Å². The van der Waals surface area contributed by atoms with Crippen LogP contribution in [-0.4, -0.2) is 11.4 Å². The third-order valence-electron chi connectivity index (χ3n) is 5.76. The van der Waals surface area contributed by atoms with E-state index in [4.69, 9.17) is 16.4 Å². The van der Waals surface area contributed by atoms with Crippen molar-refractivity contribution in [2.45, 2.75) is 91.4 Å². The number of aliphatic imine (C=N–C) groups is 2. The molecule has 0 heterocycles. The highest BCUT2D eigenvalue weighted by Crippen LogP contribution is 2.23. The van der Waals surface area contributed by atoms with Gasteiger partial charge in [0.05, 0.1) is 17.1 Å². The minimum absolute atomic E-state index is 0.696. The minimum atomic E-state index is 0.696. The predicted molar refractivity (Wildman–Crippen MR) is 157 cm³/mol. The van der Waals surface area contributed by atoms with E-state index in [1.54, 1.807) is 0 Å². The molecule has 36 heavy (non-hydrogen) atoms. The zero-order valence-electron chi connectivity index (χ0n) is 22.4. The van der Waals surface area contributed by atoms with Crippen molar-refractivity contribution in [3.8, 4) is 36.0 Å². The Morgan fingerprint density at radius 3 is 2.44 bits per heavy atom. The normalized spacial score (nSPS) is 11.2. The van der Waals surface area contributed by atoms with Crippen LogP contribution in [-0.2, 0) is 6.42 Å². The molecule has 0 saturated heterocycles. The zero-order valence-corrected chi connectivity index (χ0v) is 22.4. The molecule has 0 N–H and O–H groups in total. The molecular weight excluding hydrogens is 436 g/mol. The topological polar surface area (TPSA) is 24.7 Å². The molecule has 0 amide bonds. The van der Waals surface area contributed by atoms with Crippen molar-refractivity contribution >= 4 is 22.8 Å². The molecule has 186 valence electrons. The van der Waals surface area contributed by atoms with E-state index in [9.17, 15) is 0 Å². The van der Waals surface area contributed by atoms with Crippen molar-refractivity contribution in [3.05, 3.63) is 59.7 Å². The van der Waals surface area contributed by atoms with Crippen LogP contribution < -0.4 is 0 Å². The second-order valence-corrected chi connectivity index (χ2v) is 8.85. The maximum Gasteiger partial charge on any atom is 0.135 e. The summed E-state index contributed by atoms with van der Waals surface area (Å²) in [6.45, 7) is 6.24. The highest BCUT2D eigenvalue weighted by Gasteiger charge is 2.11. The smallest absolute Gasteiger partial charge is 0.135 e. The van der Waals surface area contributed by atoms with E-state index in [1.807, 2.05) is 37.3 Å². The second kappa shape index (κ2) is 17.8. The van der Waals surface area contributed by atoms with Crippen LogP contribution in [0.2, 0.25) is 0 Å². The van der Waals surface area contributed by atoms with E-state index in [0.717, 1.165) is 66.0 Å². The van der Waals surface area contributed by atoms with Crippen LogP contribution in [0.25, 0.3) is 0 Å². The number of hydrogen-bond donors (Lipinski definition) is 0. The van der Waals surface area contributed by atoms with Gasteiger partial charge in [-0.15, -0.1) is 18.3 Å². The number of nitrogens with zero attached hydrogens (tertiary/aromatic N) is 2. The molecule has 2 heteroatoms. The lowest BCUT2D eigenvalue weighted by Gasteiger charge is -2.10. The third kappa shape index (κ3) is 10.8. The van der Waals surface area contributed by atoms with Crippen LogP contribution in [0.4, 0.5) is 11.4 Å². The van der Waals surface area contributed by atoms with Crippen molar-refractivity contribution in [1.82, 2.24) is 0 Å². The maximum atomic E-state index is 5.55. The molecule has 0 spiro atoms. The molecule has 2 aromatic rings. The molecule has 2 nitrogen and oxygen atoms in total. The van der Waals surface area contributed by atoms with E-state index in [1.165, 1.54) is 32.1 Å². The first-order valence-electron chi connectivity index (χ1n) is 13.4. The Kier molecular flexibility index (Phi) is 14.2. The molecule has 0 aliphatic carbocycles. The highest BCUT2D eigenvalue weighted by atomic mass is 14.8. The lowest BCUT2D eigenvalue weighted by Crippen LogP contribution is -2.13. The number of benzene rings is 2. The van der Waals surface area contributed by atoms with Crippen molar-refractivity contribution in [3.63, 3.8) is 0 Å². The van der Waals surface area contributed by atoms with Gasteiger partial charge in [0.2, 0.25) is 0 Å². The van der Waals surface area contributed by atoms with Crippen molar-refractivity contribution in [1.29, 1.82) is 0 Å². The molecule has 0 aliphatic heterocycles. The molecule has 0 unspecified atom stereocenters. The number of hydrogen-bond acceptors (Lipinski definition) is 2. The zero-order chi connectivity index (χ0) is 25.8. The van der Waals surface area contributed by atoms with E-state index >= 15 is 0 Å². The molecule has 0 fully saturated rings. The lowest BCUT2D eigenvalue weighted by molar-refractivity contribution is 0.616. The van der Waals surface area contributed by atoms with Crippen LogP contribution in [0.5, 0.6) is 0 Å². The molecule has 2 rings (SSSR count). The van der Waals surface area contributed by atoms with Crippen LogP contribution in [0.15, 0.2) is 58.5 Å². The summed E-state index contributed by atoms with van der Waals surface area (Å²) in [7, 11) is 0. The number of terminal acetylenes is 1. The fraction of sp³-hybridized carbons (Fsp3) is 0.412. The van der Waals surface area contributed by atoms with Crippen LogP contribution in [0.3, 0.4) is 0 Å². The van der Waals surface area contributed by atoms with Gasteiger partial charge in [0.25, 0.3) is 0 Å². The number of aryl methyl sites for hydroxylation is 1. The maximum absolute atomic E-state index is 5.55. The highest BCUT2D eigenvalue weighted by molar-refractivity contribution is 6.49. The molecule has 0 aromatic heterocycles. The summed E-state index contributed by atoms with van der Waals surface area (Å²) in [6, 6.07) is 16.3. The summed E-state index contributed by atoms with van der Waals surface area (Å²) >= 11 is 0. The molecule has 2 aromatic carbocycles. The van der Waals surface area contributed by atoms with E-state index < -0.39 is 0 Å². The Balaban J connectivity index is 2.50. The molecule has 0 saturated carbocycles. The summed E-state index contributed by atoms with van der Waals surface area (Å²) in [5.74, 6) is 15.5. The van der Waals surface area contributed by atoms with E-state index in [-0.39, 0.29) is 0 Å². The third-order valence-corrected chi connectivity index (χ3v) is 5.76. The van der Waals surface area contributed by atoms with Gasteiger partial charge in [0.15, 0.2) is 0 Å². The van der Waals surface area contributed by atoms with Crippen molar-refractivity contribution in [2.75, 3.05) is 0 Å². The fourth-order valence-electron chi connectivity index (χ4n) is 3.85. The Hall–Kier alpha value is -3.54. The van der Waals surface area contributed by atoms with Crippen LogP contribution in [0.1, 0.15) is 96.1 Å². The average Bonchev–Trinajstić information content (AvgIpc) is 2.89. The molecule has 0 radical (unpaired) electrons. The molecule has 0 aliphatic rings. The Morgan fingerprint density at radius 1 is 0.861 bits per heavy atom. The summed E-state index contributed by atoms with van der Waals surface area (Å²) in [6.07, 6.45) is 17.1. The number of unbranched alkanes of at least 4 members (excludes halogenated alkanes) is 6. The summed E-state index contributed by atoms with van der Waals surface area (Å²) in [5.41, 5.74) is 5.64. The van der Waals surface area contributed by atoms with Crippen molar-refractivity contribution in [2.24, 2.45) is 9.98 Å². The quantitative estimate of drug-likeness (QED) is 0.156. The van der Waals surface area contributed by atoms with Gasteiger partial charge in [-0.05, 0) is 68.4 Å². The van der Waals surface area contributed by atoms with Gasteiger partial charge < -0.3 is 0 Å². The first kappa shape index (κ1) is 28.7. The monoisotopic (exact) mass is 476 g/mol. The molecule has 0 bridgehead atoms. The predicted octanol–water partition coefficient (Wildman–Crippen LogP) is 9.02.